The Morgan fingerprint density at radius 2 is 1.10 bits per heavy atom. The maximum Gasteiger partial charge on any atom is 0.323 e. The van der Waals surface area contributed by atoms with Crippen molar-refractivity contribution in [1.29, 1.82) is 0 Å². The zero-order valence-electron chi connectivity index (χ0n) is 17.5. The molecule has 4 rings (SSSR count). The number of ketones is 1. The summed E-state index contributed by atoms with van der Waals surface area (Å²) in [5.74, 6) is 0.0897. The molecule has 0 saturated carbocycles. The molecule has 0 spiro atoms. The number of carbonyl (C=O) groups excluding carboxylic acids is 2. The molecule has 3 aromatic carbocycles. The molecule has 6 heteroatoms. The second-order valence-corrected chi connectivity index (χ2v) is 7.57. The molecule has 0 aliphatic carbocycles. The lowest BCUT2D eigenvalue weighted by atomic mass is 10.1. The number of carbonyl (C=O) groups is 2. The molecule has 3 aromatic rings. The molecule has 1 aliphatic rings. The van der Waals surface area contributed by atoms with E-state index in [0.717, 1.165) is 54.5 Å². The van der Waals surface area contributed by atoms with Gasteiger partial charge in [0, 0.05) is 54.5 Å². The fourth-order valence-corrected chi connectivity index (χ4v) is 3.70. The number of anilines is 4. The zero-order chi connectivity index (χ0) is 21.6. The number of hydrogen-bond donors (Lipinski definition) is 2. The van der Waals surface area contributed by atoms with Gasteiger partial charge in [0.25, 0.3) is 0 Å². The number of para-hydroxylation sites is 1. The second kappa shape index (κ2) is 9.34. The lowest BCUT2D eigenvalue weighted by Gasteiger charge is -2.37. The molecule has 1 fully saturated rings. The molecule has 0 unspecified atom stereocenters. The van der Waals surface area contributed by atoms with Gasteiger partial charge in [-0.05, 0) is 67.6 Å². The maximum absolute atomic E-state index is 12.1. The highest BCUT2D eigenvalue weighted by Gasteiger charge is 2.18. The summed E-state index contributed by atoms with van der Waals surface area (Å²) >= 11 is 0. The predicted octanol–water partition coefficient (Wildman–Crippen LogP) is 4.86. The average molecular weight is 415 g/mol. The van der Waals surface area contributed by atoms with Crippen LogP contribution >= 0.6 is 0 Å². The van der Waals surface area contributed by atoms with E-state index >= 15 is 0 Å². The number of amides is 2. The highest BCUT2D eigenvalue weighted by Crippen LogP contribution is 2.23. The molecule has 0 radical (unpaired) electrons. The minimum Gasteiger partial charge on any atom is -0.368 e. The first-order valence-corrected chi connectivity index (χ1v) is 10.4. The first-order chi connectivity index (χ1) is 15.1. The van der Waals surface area contributed by atoms with Gasteiger partial charge in [-0.15, -0.1) is 0 Å². The molecule has 1 heterocycles. The molecule has 1 saturated heterocycles. The van der Waals surface area contributed by atoms with Crippen molar-refractivity contribution in [1.82, 2.24) is 0 Å². The highest BCUT2D eigenvalue weighted by atomic mass is 16.2. The fraction of sp³-hybridized carbons (Fsp3) is 0.200. The summed E-state index contributed by atoms with van der Waals surface area (Å²) < 4.78 is 0. The fourth-order valence-electron chi connectivity index (χ4n) is 3.70. The number of nitrogens with one attached hydrogen (secondary N) is 2. The van der Waals surface area contributed by atoms with Crippen LogP contribution in [0.25, 0.3) is 0 Å². The summed E-state index contributed by atoms with van der Waals surface area (Å²) in [5, 5.41) is 5.67. The van der Waals surface area contributed by atoms with E-state index in [1.54, 1.807) is 6.92 Å². The Morgan fingerprint density at radius 3 is 1.58 bits per heavy atom. The molecule has 31 heavy (non-hydrogen) atoms. The van der Waals surface area contributed by atoms with Crippen molar-refractivity contribution in [2.75, 3.05) is 46.6 Å². The monoisotopic (exact) mass is 414 g/mol. The van der Waals surface area contributed by atoms with Crippen molar-refractivity contribution in [3.05, 3.63) is 84.4 Å². The average Bonchev–Trinajstić information content (AvgIpc) is 2.80. The summed E-state index contributed by atoms with van der Waals surface area (Å²) in [5.41, 5.74) is 4.54. The van der Waals surface area contributed by atoms with E-state index in [4.69, 9.17) is 0 Å². The molecule has 0 bridgehead atoms. The van der Waals surface area contributed by atoms with Crippen molar-refractivity contribution in [2.45, 2.75) is 6.92 Å². The maximum atomic E-state index is 12.1. The van der Waals surface area contributed by atoms with Gasteiger partial charge in [0.1, 0.15) is 0 Å². The van der Waals surface area contributed by atoms with Gasteiger partial charge in [-0.25, -0.2) is 4.79 Å². The third-order valence-corrected chi connectivity index (χ3v) is 5.44. The summed E-state index contributed by atoms with van der Waals surface area (Å²) in [7, 11) is 0. The molecule has 2 N–H and O–H groups in total. The third-order valence-electron chi connectivity index (χ3n) is 5.44. The zero-order valence-corrected chi connectivity index (χ0v) is 17.5. The van der Waals surface area contributed by atoms with Crippen LogP contribution in [0.4, 0.5) is 27.5 Å². The normalized spacial score (nSPS) is 13.6. The Bertz CT molecular complexity index is 1030. The largest absolute Gasteiger partial charge is 0.368 e. The van der Waals surface area contributed by atoms with Crippen LogP contribution in [0.15, 0.2) is 78.9 Å². The molecular weight excluding hydrogens is 388 g/mol. The van der Waals surface area contributed by atoms with Gasteiger partial charge < -0.3 is 20.4 Å². The quantitative estimate of drug-likeness (QED) is 0.585. The van der Waals surface area contributed by atoms with Gasteiger partial charge in [-0.3, -0.25) is 4.79 Å². The van der Waals surface area contributed by atoms with Gasteiger partial charge in [0.05, 0.1) is 0 Å². The SMILES string of the molecule is CC(=O)c1ccc(N2CCN(c3ccc(NC(=O)Nc4ccccc4)cc3)CC2)cc1. The second-order valence-electron chi connectivity index (χ2n) is 7.57. The van der Waals surface area contributed by atoms with E-state index < -0.39 is 0 Å². The number of hydrogen-bond acceptors (Lipinski definition) is 4. The van der Waals surface area contributed by atoms with Crippen molar-refractivity contribution in [2.24, 2.45) is 0 Å². The van der Waals surface area contributed by atoms with Gasteiger partial charge in [-0.2, -0.15) is 0 Å². The summed E-state index contributed by atoms with van der Waals surface area (Å²) in [4.78, 5) is 28.3. The Balaban J connectivity index is 1.30. The van der Waals surface area contributed by atoms with Crippen molar-refractivity contribution < 1.29 is 9.59 Å². The van der Waals surface area contributed by atoms with Gasteiger partial charge in [0.2, 0.25) is 0 Å². The number of nitrogens with zero attached hydrogens (tertiary/aromatic N) is 2. The van der Waals surface area contributed by atoms with Crippen LogP contribution in [0.5, 0.6) is 0 Å². The van der Waals surface area contributed by atoms with Crippen LogP contribution in [0.1, 0.15) is 17.3 Å². The number of rotatable bonds is 5. The minimum atomic E-state index is -0.261. The Hall–Kier alpha value is -3.80. The highest BCUT2D eigenvalue weighted by molar-refractivity contribution is 5.99. The van der Waals surface area contributed by atoms with Crippen LogP contribution in [-0.2, 0) is 0 Å². The third kappa shape index (κ3) is 5.22. The molecule has 0 aromatic heterocycles. The molecule has 2 amide bonds. The van der Waals surface area contributed by atoms with Crippen LogP contribution in [0, 0.1) is 0 Å². The van der Waals surface area contributed by atoms with E-state index in [0.29, 0.717) is 0 Å². The lowest BCUT2D eigenvalue weighted by molar-refractivity contribution is 0.101. The molecule has 0 atom stereocenters. The van der Waals surface area contributed by atoms with E-state index in [9.17, 15) is 9.59 Å². The number of Topliss-reactive ketones (excluding diaryl/α,β-unsaturated/α-hetero) is 1. The van der Waals surface area contributed by atoms with Crippen molar-refractivity contribution in [3.8, 4) is 0 Å². The van der Waals surface area contributed by atoms with E-state index in [-0.39, 0.29) is 11.8 Å². The molecule has 158 valence electrons. The van der Waals surface area contributed by atoms with Crippen LogP contribution < -0.4 is 20.4 Å². The van der Waals surface area contributed by atoms with Gasteiger partial charge in [-0.1, -0.05) is 18.2 Å². The van der Waals surface area contributed by atoms with Crippen molar-refractivity contribution >= 4 is 34.6 Å². The summed E-state index contributed by atoms with van der Waals surface area (Å²) in [6, 6.07) is 24.9. The lowest BCUT2D eigenvalue weighted by Crippen LogP contribution is -2.46. The topological polar surface area (TPSA) is 64.7 Å². The first kappa shape index (κ1) is 20.5. The van der Waals surface area contributed by atoms with Gasteiger partial charge in [0.15, 0.2) is 5.78 Å². The van der Waals surface area contributed by atoms with Gasteiger partial charge >= 0.3 is 6.03 Å². The Labute approximate surface area is 182 Å². The van der Waals surface area contributed by atoms with E-state index in [2.05, 4.69) is 20.4 Å². The van der Waals surface area contributed by atoms with Crippen LogP contribution in [0.3, 0.4) is 0 Å². The van der Waals surface area contributed by atoms with E-state index in [1.807, 2.05) is 78.9 Å². The first-order valence-electron chi connectivity index (χ1n) is 10.4. The Morgan fingerprint density at radius 1 is 0.645 bits per heavy atom. The standard InChI is InChI=1S/C25H26N4O2/c1-19(30)20-7-11-23(12-8-20)28-15-17-29(18-16-28)24-13-9-22(10-14-24)27-25(31)26-21-5-3-2-4-6-21/h2-14H,15-18H2,1H3,(H2,26,27,31). The molecule has 1 aliphatic heterocycles. The molecule has 6 nitrogen and oxygen atoms in total. The van der Waals surface area contributed by atoms with Crippen LogP contribution in [-0.4, -0.2) is 38.0 Å². The van der Waals surface area contributed by atoms with Crippen molar-refractivity contribution in [3.63, 3.8) is 0 Å². The Kier molecular flexibility index (Phi) is 6.17. The number of benzene rings is 3. The molecular formula is C25H26N4O2. The summed E-state index contributed by atoms with van der Waals surface area (Å²) in [6.45, 7) is 5.24. The predicted molar refractivity (Wildman–Crippen MR) is 126 cm³/mol. The number of urea groups is 1. The number of piperazine rings is 1. The minimum absolute atomic E-state index is 0.0897. The van der Waals surface area contributed by atoms with E-state index in [1.165, 1.54) is 0 Å². The summed E-state index contributed by atoms with van der Waals surface area (Å²) in [6.07, 6.45) is 0. The van der Waals surface area contributed by atoms with Crippen LogP contribution in [0.2, 0.25) is 0 Å². The smallest absolute Gasteiger partial charge is 0.323 e.